The summed E-state index contributed by atoms with van der Waals surface area (Å²) in [5.41, 5.74) is -0.580. The molecule has 27 heavy (non-hydrogen) atoms. The fraction of sp³-hybridized carbons (Fsp3) is 0.750. The molecule has 1 aromatic heterocycles. The zero-order valence-electron chi connectivity index (χ0n) is 18.1. The third-order valence-electron chi connectivity index (χ3n) is 5.06. The Bertz CT molecular complexity index is 564. The summed E-state index contributed by atoms with van der Waals surface area (Å²) < 4.78 is 19.1. The van der Waals surface area contributed by atoms with Gasteiger partial charge >= 0.3 is 7.12 Å². The minimum absolute atomic E-state index is 0.362. The van der Waals surface area contributed by atoms with E-state index >= 15 is 0 Å². The van der Waals surface area contributed by atoms with Crippen LogP contribution in [0.3, 0.4) is 0 Å². The summed E-state index contributed by atoms with van der Waals surface area (Å²) in [6.07, 6.45) is 6.68. The molecule has 0 unspecified atom stereocenters. The van der Waals surface area contributed by atoms with Gasteiger partial charge in [0.15, 0.2) is 0 Å². The fourth-order valence-corrected chi connectivity index (χ4v) is 2.78. The van der Waals surface area contributed by atoms with E-state index in [1.165, 1.54) is 0 Å². The minimum atomic E-state index is -0.739. The average molecular weight is 380 g/mol. The van der Waals surface area contributed by atoms with Gasteiger partial charge in [-0.1, -0.05) is 19.9 Å². The molecule has 3 heterocycles. The number of rotatable bonds is 3. The highest BCUT2D eigenvalue weighted by Crippen LogP contribution is 2.36. The lowest BCUT2D eigenvalue weighted by Crippen LogP contribution is -2.41. The van der Waals surface area contributed by atoms with Crippen LogP contribution in [0.1, 0.15) is 61.3 Å². The highest BCUT2D eigenvalue weighted by Gasteiger charge is 2.52. The minimum Gasteiger partial charge on any atom is -0.399 e. The summed E-state index contributed by atoms with van der Waals surface area (Å²) in [5.74, 6) is 0. The van der Waals surface area contributed by atoms with Crippen molar-refractivity contribution in [3.05, 3.63) is 25.0 Å². The molecule has 0 amide bonds. The normalized spacial score (nSPS) is 22.1. The summed E-state index contributed by atoms with van der Waals surface area (Å²) in [6, 6.07) is 0. The first-order valence-corrected chi connectivity index (χ1v) is 9.88. The molecular formula is C20H37BN2O4. The predicted octanol–water partition coefficient (Wildman–Crippen LogP) is 2.94. The Hall–Kier alpha value is -1.15. The van der Waals surface area contributed by atoms with Crippen LogP contribution in [0.4, 0.5) is 0 Å². The number of aliphatic hydroxyl groups is 1. The van der Waals surface area contributed by atoms with E-state index in [0.29, 0.717) is 32.6 Å². The number of allylic oxidation sites excluding steroid dienone is 1. The molecule has 0 atom stereocenters. The lowest BCUT2D eigenvalue weighted by atomic mass is 9.82. The number of nitrogens with zero attached hydrogens (tertiary/aromatic N) is 2. The van der Waals surface area contributed by atoms with Gasteiger partial charge in [-0.2, -0.15) is 5.10 Å². The Balaban J connectivity index is 0.000000665. The molecule has 2 saturated heterocycles. The lowest BCUT2D eigenvalue weighted by Gasteiger charge is -2.32. The second-order valence-corrected chi connectivity index (χ2v) is 7.80. The third kappa shape index (κ3) is 6.17. The molecule has 3 rings (SSSR count). The smallest absolute Gasteiger partial charge is 0.399 e. The van der Waals surface area contributed by atoms with Crippen molar-refractivity contribution in [3.8, 4) is 0 Å². The van der Waals surface area contributed by atoms with Gasteiger partial charge in [0.25, 0.3) is 0 Å². The summed E-state index contributed by atoms with van der Waals surface area (Å²) in [6.45, 7) is 19.0. The third-order valence-corrected chi connectivity index (χ3v) is 5.06. The van der Waals surface area contributed by atoms with Gasteiger partial charge in [-0.15, -0.1) is 6.58 Å². The SMILES string of the molecule is C=CC.CC.CC1(C)OB(c2cnn(CC3(O)CCOCC3)c2)OC1(C)C. The molecule has 7 heteroatoms. The maximum atomic E-state index is 10.6. The molecule has 2 aliphatic heterocycles. The van der Waals surface area contributed by atoms with Gasteiger partial charge < -0.3 is 19.2 Å². The molecule has 2 fully saturated rings. The fourth-order valence-electron chi connectivity index (χ4n) is 2.78. The van der Waals surface area contributed by atoms with Crippen LogP contribution in [0.5, 0.6) is 0 Å². The van der Waals surface area contributed by atoms with Crippen LogP contribution in [0.15, 0.2) is 25.0 Å². The molecule has 1 N–H and O–H groups in total. The largest absolute Gasteiger partial charge is 0.498 e. The zero-order chi connectivity index (χ0) is 20.7. The topological polar surface area (TPSA) is 65.7 Å². The van der Waals surface area contributed by atoms with Gasteiger partial charge in [-0.3, -0.25) is 4.68 Å². The maximum Gasteiger partial charge on any atom is 0.498 e. The average Bonchev–Trinajstić information content (AvgIpc) is 3.12. The van der Waals surface area contributed by atoms with Crippen molar-refractivity contribution in [2.75, 3.05) is 13.2 Å². The highest BCUT2D eigenvalue weighted by molar-refractivity contribution is 6.61. The molecule has 0 aliphatic carbocycles. The van der Waals surface area contributed by atoms with Crippen molar-refractivity contribution in [2.24, 2.45) is 0 Å². The molecule has 0 spiro atoms. The van der Waals surface area contributed by atoms with E-state index in [4.69, 9.17) is 14.0 Å². The molecule has 0 bridgehead atoms. The first kappa shape index (κ1) is 23.9. The van der Waals surface area contributed by atoms with Crippen LogP contribution in [0.2, 0.25) is 0 Å². The molecular weight excluding hydrogens is 343 g/mol. The standard InChI is InChI=1S/C15H25BN2O4.C3H6.C2H6/c1-13(2)14(3,4)22-16(21-13)12-9-17-18(10-12)11-15(19)5-7-20-8-6-15;1-3-2;1-2/h9-10,19H,5-8,11H2,1-4H3;3H,1H2,2H3;1-2H3. The van der Waals surface area contributed by atoms with E-state index in [-0.39, 0.29) is 11.2 Å². The van der Waals surface area contributed by atoms with E-state index in [1.807, 2.05) is 54.7 Å². The van der Waals surface area contributed by atoms with E-state index in [2.05, 4.69) is 11.7 Å². The van der Waals surface area contributed by atoms with Gasteiger partial charge in [0.2, 0.25) is 0 Å². The van der Waals surface area contributed by atoms with E-state index in [1.54, 1.807) is 17.0 Å². The van der Waals surface area contributed by atoms with Crippen molar-refractivity contribution in [2.45, 2.75) is 84.7 Å². The van der Waals surface area contributed by atoms with Gasteiger partial charge in [0.1, 0.15) is 0 Å². The van der Waals surface area contributed by atoms with E-state index < -0.39 is 12.7 Å². The van der Waals surface area contributed by atoms with E-state index in [0.717, 1.165) is 5.46 Å². The maximum absolute atomic E-state index is 10.6. The second-order valence-electron chi connectivity index (χ2n) is 7.80. The summed E-state index contributed by atoms with van der Waals surface area (Å²) in [4.78, 5) is 0. The van der Waals surface area contributed by atoms with Crippen LogP contribution in [-0.4, -0.2) is 52.0 Å². The van der Waals surface area contributed by atoms with Crippen LogP contribution < -0.4 is 5.46 Å². The van der Waals surface area contributed by atoms with Gasteiger partial charge in [-0.05, 0) is 34.6 Å². The van der Waals surface area contributed by atoms with Gasteiger partial charge in [0.05, 0.1) is 23.3 Å². The molecule has 2 aliphatic rings. The quantitative estimate of drug-likeness (QED) is 0.645. The Kier molecular flexibility index (Phi) is 8.73. The van der Waals surface area contributed by atoms with Crippen molar-refractivity contribution in [1.82, 2.24) is 9.78 Å². The van der Waals surface area contributed by atoms with Crippen molar-refractivity contribution < 1.29 is 19.2 Å². The summed E-state index contributed by atoms with van der Waals surface area (Å²) >= 11 is 0. The number of hydrogen-bond donors (Lipinski definition) is 1. The van der Waals surface area contributed by atoms with Crippen molar-refractivity contribution in [1.29, 1.82) is 0 Å². The highest BCUT2D eigenvalue weighted by atomic mass is 16.7. The Labute approximate surface area is 165 Å². The molecule has 1 aromatic rings. The predicted molar refractivity (Wildman–Crippen MR) is 110 cm³/mol. The molecule has 154 valence electrons. The Morgan fingerprint density at radius 2 is 1.67 bits per heavy atom. The second kappa shape index (κ2) is 9.87. The Morgan fingerprint density at radius 1 is 1.19 bits per heavy atom. The van der Waals surface area contributed by atoms with Crippen LogP contribution >= 0.6 is 0 Å². The van der Waals surface area contributed by atoms with Gasteiger partial charge in [0, 0.05) is 43.9 Å². The zero-order valence-corrected chi connectivity index (χ0v) is 18.1. The lowest BCUT2D eigenvalue weighted by molar-refractivity contribution is -0.0744. The molecule has 0 radical (unpaired) electrons. The summed E-state index contributed by atoms with van der Waals surface area (Å²) in [5, 5.41) is 14.9. The molecule has 0 aromatic carbocycles. The molecule has 6 nitrogen and oxygen atoms in total. The first-order chi connectivity index (χ1) is 12.6. The van der Waals surface area contributed by atoms with Crippen molar-refractivity contribution in [3.63, 3.8) is 0 Å². The first-order valence-electron chi connectivity index (χ1n) is 9.88. The van der Waals surface area contributed by atoms with E-state index in [9.17, 15) is 5.11 Å². The summed E-state index contributed by atoms with van der Waals surface area (Å²) in [7, 11) is -0.414. The monoisotopic (exact) mass is 380 g/mol. The number of ether oxygens (including phenoxy) is 1. The van der Waals surface area contributed by atoms with Crippen LogP contribution in [0.25, 0.3) is 0 Å². The number of aromatic nitrogens is 2. The van der Waals surface area contributed by atoms with Gasteiger partial charge in [-0.25, -0.2) is 0 Å². The molecule has 0 saturated carbocycles. The van der Waals surface area contributed by atoms with Crippen molar-refractivity contribution >= 4 is 12.6 Å². The van der Waals surface area contributed by atoms with Crippen LogP contribution in [0, 0.1) is 0 Å². The van der Waals surface area contributed by atoms with Crippen LogP contribution in [-0.2, 0) is 20.6 Å². The Morgan fingerprint density at radius 3 is 2.15 bits per heavy atom. The number of hydrogen-bond acceptors (Lipinski definition) is 5.